The number of hydrogen-bond donors (Lipinski definition) is 1. The summed E-state index contributed by atoms with van der Waals surface area (Å²) in [6.45, 7) is 16.3. The van der Waals surface area contributed by atoms with Gasteiger partial charge in [-0.1, -0.05) is 40.5 Å². The zero-order chi connectivity index (χ0) is 14.8. The molecule has 3 heteroatoms. The third kappa shape index (κ3) is 5.71. The number of hydrogen-bond acceptors (Lipinski definition) is 3. The topological polar surface area (TPSA) is 18.5 Å². The van der Waals surface area contributed by atoms with Crippen molar-refractivity contribution in [2.75, 3.05) is 39.3 Å². The fourth-order valence-electron chi connectivity index (χ4n) is 3.64. The summed E-state index contributed by atoms with van der Waals surface area (Å²) in [7, 11) is 0. The van der Waals surface area contributed by atoms with Crippen LogP contribution in [0.4, 0.5) is 0 Å². The molecular weight excluding hydrogens is 246 g/mol. The number of nitrogens with one attached hydrogen (secondary N) is 1. The first kappa shape index (κ1) is 17.9. The lowest BCUT2D eigenvalue weighted by atomic mass is 9.89. The summed E-state index contributed by atoms with van der Waals surface area (Å²) in [5, 5.41) is 3.72. The molecule has 1 aliphatic carbocycles. The second-order valence-corrected chi connectivity index (χ2v) is 6.03. The van der Waals surface area contributed by atoms with Gasteiger partial charge in [0, 0.05) is 12.1 Å². The predicted molar refractivity (Wildman–Crippen MR) is 89.4 cm³/mol. The second-order valence-electron chi connectivity index (χ2n) is 6.03. The van der Waals surface area contributed by atoms with Gasteiger partial charge in [0.1, 0.15) is 0 Å². The van der Waals surface area contributed by atoms with E-state index in [1.165, 1.54) is 64.8 Å². The molecule has 0 saturated heterocycles. The molecule has 1 aliphatic rings. The van der Waals surface area contributed by atoms with Gasteiger partial charge < -0.3 is 10.2 Å². The lowest BCUT2D eigenvalue weighted by molar-refractivity contribution is 0.122. The SMILES string of the molecule is CCNC1CCCCC1N(CC)CCCN(CC)CC. The van der Waals surface area contributed by atoms with Crippen molar-refractivity contribution in [1.29, 1.82) is 0 Å². The highest BCUT2D eigenvalue weighted by atomic mass is 15.2. The minimum absolute atomic E-state index is 0.724. The normalized spacial score (nSPS) is 23.7. The maximum absolute atomic E-state index is 3.72. The van der Waals surface area contributed by atoms with Gasteiger partial charge >= 0.3 is 0 Å². The standard InChI is InChI=1S/C17H37N3/c1-5-18-16-12-9-10-13-17(16)20(8-4)15-11-14-19(6-2)7-3/h16-18H,5-15H2,1-4H3. The van der Waals surface area contributed by atoms with Crippen molar-refractivity contribution in [3.8, 4) is 0 Å². The third-order valence-electron chi connectivity index (χ3n) is 4.89. The Morgan fingerprint density at radius 1 is 0.900 bits per heavy atom. The van der Waals surface area contributed by atoms with E-state index < -0.39 is 0 Å². The van der Waals surface area contributed by atoms with Gasteiger partial charge in [-0.25, -0.2) is 0 Å². The largest absolute Gasteiger partial charge is 0.313 e. The fraction of sp³-hybridized carbons (Fsp3) is 1.00. The molecule has 3 nitrogen and oxygen atoms in total. The van der Waals surface area contributed by atoms with E-state index in [0.717, 1.165) is 18.6 Å². The first-order chi connectivity index (χ1) is 9.76. The highest BCUT2D eigenvalue weighted by molar-refractivity contribution is 4.87. The highest BCUT2D eigenvalue weighted by Crippen LogP contribution is 2.23. The number of likely N-dealkylation sites (N-methyl/N-ethyl adjacent to an activating group) is 2. The van der Waals surface area contributed by atoms with Crippen LogP contribution in [0.1, 0.15) is 59.8 Å². The van der Waals surface area contributed by atoms with Crippen molar-refractivity contribution in [2.45, 2.75) is 71.9 Å². The van der Waals surface area contributed by atoms with Gasteiger partial charge in [0.25, 0.3) is 0 Å². The Labute approximate surface area is 127 Å². The molecular formula is C17H37N3. The average Bonchev–Trinajstić information content (AvgIpc) is 2.49. The maximum Gasteiger partial charge on any atom is 0.0249 e. The third-order valence-corrected chi connectivity index (χ3v) is 4.89. The second kappa shape index (κ2) is 10.6. The van der Waals surface area contributed by atoms with E-state index >= 15 is 0 Å². The Balaban J connectivity index is 2.42. The molecule has 2 atom stereocenters. The van der Waals surface area contributed by atoms with Gasteiger partial charge in [0.15, 0.2) is 0 Å². The number of nitrogens with zero attached hydrogens (tertiary/aromatic N) is 2. The van der Waals surface area contributed by atoms with E-state index in [1.807, 2.05) is 0 Å². The Bertz CT molecular complexity index is 226. The lowest BCUT2D eigenvalue weighted by Gasteiger charge is -2.40. The van der Waals surface area contributed by atoms with Crippen LogP contribution in [0.25, 0.3) is 0 Å². The Morgan fingerprint density at radius 3 is 2.20 bits per heavy atom. The molecule has 20 heavy (non-hydrogen) atoms. The van der Waals surface area contributed by atoms with Crippen molar-refractivity contribution >= 4 is 0 Å². The molecule has 0 aliphatic heterocycles. The maximum atomic E-state index is 3.72. The van der Waals surface area contributed by atoms with E-state index in [1.54, 1.807) is 0 Å². The van der Waals surface area contributed by atoms with E-state index in [4.69, 9.17) is 0 Å². The van der Waals surface area contributed by atoms with Crippen LogP contribution in [0.2, 0.25) is 0 Å². The van der Waals surface area contributed by atoms with Crippen molar-refractivity contribution in [1.82, 2.24) is 15.1 Å². The molecule has 1 N–H and O–H groups in total. The fourth-order valence-corrected chi connectivity index (χ4v) is 3.64. The molecule has 0 spiro atoms. The van der Waals surface area contributed by atoms with Crippen LogP contribution in [-0.4, -0.2) is 61.2 Å². The van der Waals surface area contributed by atoms with Gasteiger partial charge in [0.2, 0.25) is 0 Å². The molecule has 1 fully saturated rings. The molecule has 0 aromatic carbocycles. The minimum Gasteiger partial charge on any atom is -0.313 e. The van der Waals surface area contributed by atoms with Gasteiger partial charge in [-0.2, -0.15) is 0 Å². The van der Waals surface area contributed by atoms with Crippen LogP contribution in [0.3, 0.4) is 0 Å². The van der Waals surface area contributed by atoms with Crippen LogP contribution in [-0.2, 0) is 0 Å². The predicted octanol–water partition coefficient (Wildman–Crippen LogP) is 2.96. The Kier molecular flexibility index (Phi) is 9.49. The summed E-state index contributed by atoms with van der Waals surface area (Å²) >= 11 is 0. The molecule has 0 aromatic rings. The van der Waals surface area contributed by atoms with Crippen molar-refractivity contribution in [3.63, 3.8) is 0 Å². The average molecular weight is 284 g/mol. The van der Waals surface area contributed by atoms with Gasteiger partial charge in [0.05, 0.1) is 0 Å². The molecule has 0 aromatic heterocycles. The molecule has 0 amide bonds. The van der Waals surface area contributed by atoms with Crippen LogP contribution >= 0.6 is 0 Å². The van der Waals surface area contributed by atoms with Crippen molar-refractivity contribution in [3.05, 3.63) is 0 Å². The summed E-state index contributed by atoms with van der Waals surface area (Å²) in [5.41, 5.74) is 0. The molecule has 1 rings (SSSR count). The smallest absolute Gasteiger partial charge is 0.0249 e. The van der Waals surface area contributed by atoms with Crippen LogP contribution in [0, 0.1) is 0 Å². The zero-order valence-electron chi connectivity index (χ0n) is 14.3. The van der Waals surface area contributed by atoms with E-state index in [9.17, 15) is 0 Å². The zero-order valence-corrected chi connectivity index (χ0v) is 14.3. The van der Waals surface area contributed by atoms with Crippen molar-refractivity contribution < 1.29 is 0 Å². The highest BCUT2D eigenvalue weighted by Gasteiger charge is 2.28. The minimum atomic E-state index is 0.724. The first-order valence-electron chi connectivity index (χ1n) is 8.96. The molecule has 0 bridgehead atoms. The van der Waals surface area contributed by atoms with E-state index in [0.29, 0.717) is 0 Å². The van der Waals surface area contributed by atoms with Crippen molar-refractivity contribution in [2.24, 2.45) is 0 Å². The van der Waals surface area contributed by atoms with E-state index in [-0.39, 0.29) is 0 Å². The molecule has 120 valence electrons. The van der Waals surface area contributed by atoms with Gasteiger partial charge in [-0.15, -0.1) is 0 Å². The molecule has 0 radical (unpaired) electrons. The first-order valence-corrected chi connectivity index (χ1v) is 8.96. The monoisotopic (exact) mass is 283 g/mol. The van der Waals surface area contributed by atoms with E-state index in [2.05, 4.69) is 42.8 Å². The lowest BCUT2D eigenvalue weighted by Crippen LogP contribution is -2.52. The van der Waals surface area contributed by atoms with Crippen LogP contribution in [0.15, 0.2) is 0 Å². The summed E-state index contributed by atoms with van der Waals surface area (Å²) in [6.07, 6.45) is 6.89. The quantitative estimate of drug-likeness (QED) is 0.665. The number of rotatable bonds is 10. The Hall–Kier alpha value is -0.120. The summed E-state index contributed by atoms with van der Waals surface area (Å²) in [6, 6.07) is 1.49. The van der Waals surface area contributed by atoms with Crippen LogP contribution in [0.5, 0.6) is 0 Å². The summed E-state index contributed by atoms with van der Waals surface area (Å²) in [4.78, 5) is 5.27. The molecule has 1 saturated carbocycles. The summed E-state index contributed by atoms with van der Waals surface area (Å²) < 4.78 is 0. The Morgan fingerprint density at radius 2 is 1.60 bits per heavy atom. The molecule has 0 heterocycles. The molecule has 2 unspecified atom stereocenters. The summed E-state index contributed by atoms with van der Waals surface area (Å²) in [5.74, 6) is 0. The van der Waals surface area contributed by atoms with Gasteiger partial charge in [-0.05, 0) is 58.5 Å². The van der Waals surface area contributed by atoms with Crippen LogP contribution < -0.4 is 5.32 Å². The van der Waals surface area contributed by atoms with Gasteiger partial charge in [-0.3, -0.25) is 4.90 Å².